The average molecular weight is 291 g/mol. The lowest BCUT2D eigenvalue weighted by Crippen LogP contribution is -2.02. The van der Waals surface area contributed by atoms with Crippen molar-refractivity contribution < 1.29 is 13.2 Å². The summed E-state index contributed by atoms with van der Waals surface area (Å²) < 4.78 is 41.1. The maximum absolute atomic E-state index is 13.4. The molecule has 0 saturated carbocycles. The van der Waals surface area contributed by atoms with Gasteiger partial charge in [0.25, 0.3) is 0 Å². The SMILES string of the molecule is Nc1cc(F)cc(-c2nnnn2-c2cc(F)cc(F)c2)c1. The van der Waals surface area contributed by atoms with Crippen LogP contribution in [-0.4, -0.2) is 20.2 Å². The molecular formula is C13H8F3N5. The average Bonchev–Trinajstić information content (AvgIpc) is 2.85. The second-order valence-corrected chi connectivity index (χ2v) is 4.32. The molecule has 3 aromatic rings. The summed E-state index contributed by atoms with van der Waals surface area (Å²) in [7, 11) is 0. The summed E-state index contributed by atoms with van der Waals surface area (Å²) in [5, 5.41) is 10.9. The monoisotopic (exact) mass is 291 g/mol. The van der Waals surface area contributed by atoms with Gasteiger partial charge in [0.2, 0.25) is 0 Å². The quantitative estimate of drug-likeness (QED) is 0.736. The maximum Gasteiger partial charge on any atom is 0.187 e. The minimum Gasteiger partial charge on any atom is -0.399 e. The van der Waals surface area contributed by atoms with E-state index in [4.69, 9.17) is 5.73 Å². The molecule has 0 aliphatic rings. The van der Waals surface area contributed by atoms with Crippen molar-refractivity contribution in [3.63, 3.8) is 0 Å². The smallest absolute Gasteiger partial charge is 0.187 e. The molecule has 0 radical (unpaired) electrons. The van der Waals surface area contributed by atoms with Gasteiger partial charge >= 0.3 is 0 Å². The summed E-state index contributed by atoms with van der Waals surface area (Å²) in [6.07, 6.45) is 0. The standard InChI is InChI=1S/C13H8F3N5/c14-8-1-7(2-11(17)4-8)13-18-19-20-21(13)12-5-9(15)3-10(16)6-12/h1-6H,17H2. The molecule has 0 aliphatic heterocycles. The number of hydrogen-bond acceptors (Lipinski definition) is 4. The molecule has 3 rings (SSSR count). The highest BCUT2D eigenvalue weighted by molar-refractivity contribution is 5.62. The number of tetrazole rings is 1. The van der Waals surface area contributed by atoms with Crippen LogP contribution in [0.25, 0.3) is 17.1 Å². The number of halogens is 3. The summed E-state index contributed by atoms with van der Waals surface area (Å²) in [6.45, 7) is 0. The number of rotatable bonds is 2. The van der Waals surface area contributed by atoms with Gasteiger partial charge < -0.3 is 5.73 Å². The van der Waals surface area contributed by atoms with Crippen molar-refractivity contribution in [2.24, 2.45) is 0 Å². The third-order valence-electron chi connectivity index (χ3n) is 2.74. The fourth-order valence-electron chi connectivity index (χ4n) is 1.94. The van der Waals surface area contributed by atoms with Gasteiger partial charge in [-0.15, -0.1) is 5.10 Å². The van der Waals surface area contributed by atoms with Gasteiger partial charge in [0, 0.05) is 17.3 Å². The van der Waals surface area contributed by atoms with E-state index in [1.165, 1.54) is 12.1 Å². The topological polar surface area (TPSA) is 69.6 Å². The summed E-state index contributed by atoms with van der Waals surface area (Å²) >= 11 is 0. The van der Waals surface area contributed by atoms with Crippen molar-refractivity contribution >= 4 is 5.69 Å². The number of nitrogens with two attached hydrogens (primary N) is 1. The van der Waals surface area contributed by atoms with Crippen LogP contribution in [0.1, 0.15) is 0 Å². The van der Waals surface area contributed by atoms with Crippen LogP contribution in [-0.2, 0) is 0 Å². The third kappa shape index (κ3) is 2.55. The van der Waals surface area contributed by atoms with Crippen molar-refractivity contribution in [3.05, 3.63) is 53.8 Å². The van der Waals surface area contributed by atoms with E-state index < -0.39 is 17.5 Å². The lowest BCUT2D eigenvalue weighted by Gasteiger charge is -2.06. The van der Waals surface area contributed by atoms with Gasteiger partial charge in [-0.2, -0.15) is 4.68 Å². The largest absolute Gasteiger partial charge is 0.399 e. The van der Waals surface area contributed by atoms with Gasteiger partial charge in [-0.3, -0.25) is 0 Å². The van der Waals surface area contributed by atoms with Crippen molar-refractivity contribution in [3.8, 4) is 17.1 Å². The van der Waals surface area contributed by atoms with Crippen molar-refractivity contribution in [1.29, 1.82) is 0 Å². The number of aromatic nitrogens is 4. The zero-order valence-electron chi connectivity index (χ0n) is 10.5. The Labute approximate surface area is 116 Å². The molecule has 0 atom stereocenters. The highest BCUT2D eigenvalue weighted by Gasteiger charge is 2.14. The zero-order valence-corrected chi connectivity index (χ0v) is 10.5. The van der Waals surface area contributed by atoms with Gasteiger partial charge in [-0.1, -0.05) is 0 Å². The van der Waals surface area contributed by atoms with Crippen LogP contribution in [0.2, 0.25) is 0 Å². The molecule has 0 spiro atoms. The first-order chi connectivity index (χ1) is 10.0. The predicted octanol–water partition coefficient (Wildman–Crippen LogP) is 2.33. The molecule has 0 saturated heterocycles. The zero-order chi connectivity index (χ0) is 15.0. The first-order valence-corrected chi connectivity index (χ1v) is 5.84. The molecule has 5 nitrogen and oxygen atoms in total. The molecule has 0 bridgehead atoms. The minimum atomic E-state index is -0.773. The summed E-state index contributed by atoms with van der Waals surface area (Å²) in [4.78, 5) is 0. The van der Waals surface area contributed by atoms with E-state index in [2.05, 4.69) is 15.5 Å². The fourth-order valence-corrected chi connectivity index (χ4v) is 1.94. The van der Waals surface area contributed by atoms with Gasteiger partial charge in [0.15, 0.2) is 5.82 Å². The molecule has 0 unspecified atom stereocenters. The molecule has 1 aromatic heterocycles. The Morgan fingerprint density at radius 1 is 0.857 bits per heavy atom. The van der Waals surface area contributed by atoms with Gasteiger partial charge in [0.1, 0.15) is 17.5 Å². The van der Waals surface area contributed by atoms with E-state index in [-0.39, 0.29) is 17.2 Å². The second kappa shape index (κ2) is 4.89. The number of benzene rings is 2. The van der Waals surface area contributed by atoms with Crippen LogP contribution in [0, 0.1) is 17.5 Å². The molecule has 1 heterocycles. The molecular weight excluding hydrogens is 283 g/mol. The Balaban J connectivity index is 2.16. The van der Waals surface area contributed by atoms with Gasteiger partial charge in [0.05, 0.1) is 5.69 Å². The first kappa shape index (κ1) is 13.1. The van der Waals surface area contributed by atoms with Gasteiger partial charge in [-0.05, 0) is 40.8 Å². The summed E-state index contributed by atoms with van der Waals surface area (Å²) in [5.74, 6) is -1.99. The van der Waals surface area contributed by atoms with Crippen molar-refractivity contribution in [2.45, 2.75) is 0 Å². The van der Waals surface area contributed by atoms with E-state index in [1.807, 2.05) is 0 Å². The second-order valence-electron chi connectivity index (χ2n) is 4.32. The number of hydrogen-bond donors (Lipinski definition) is 1. The van der Waals surface area contributed by atoms with Crippen LogP contribution in [0.5, 0.6) is 0 Å². The van der Waals surface area contributed by atoms with Crippen LogP contribution in [0.3, 0.4) is 0 Å². The van der Waals surface area contributed by atoms with E-state index in [9.17, 15) is 13.2 Å². The van der Waals surface area contributed by atoms with Crippen molar-refractivity contribution in [1.82, 2.24) is 20.2 Å². The lowest BCUT2D eigenvalue weighted by molar-refractivity contribution is 0.579. The predicted molar refractivity (Wildman–Crippen MR) is 68.9 cm³/mol. The minimum absolute atomic E-state index is 0.0790. The molecule has 8 heteroatoms. The Kier molecular flexibility index (Phi) is 3.05. The molecule has 0 amide bonds. The number of nitrogens with zero attached hydrogens (tertiary/aromatic N) is 4. The van der Waals surface area contributed by atoms with E-state index in [1.54, 1.807) is 0 Å². The highest BCUT2D eigenvalue weighted by atomic mass is 19.1. The Morgan fingerprint density at radius 2 is 1.52 bits per heavy atom. The number of nitrogen functional groups attached to an aromatic ring is 1. The molecule has 2 aromatic carbocycles. The highest BCUT2D eigenvalue weighted by Crippen LogP contribution is 2.23. The Morgan fingerprint density at radius 3 is 2.19 bits per heavy atom. The van der Waals surface area contributed by atoms with Crippen molar-refractivity contribution in [2.75, 3.05) is 5.73 Å². The van der Waals surface area contributed by atoms with Crippen LogP contribution < -0.4 is 5.73 Å². The van der Waals surface area contributed by atoms with E-state index >= 15 is 0 Å². The molecule has 0 fully saturated rings. The number of anilines is 1. The summed E-state index contributed by atoms with van der Waals surface area (Å²) in [6, 6.07) is 6.62. The molecule has 2 N–H and O–H groups in total. The van der Waals surface area contributed by atoms with E-state index in [0.29, 0.717) is 5.56 Å². The molecule has 21 heavy (non-hydrogen) atoms. The van der Waals surface area contributed by atoms with Crippen LogP contribution in [0.4, 0.5) is 18.9 Å². The molecule has 0 aliphatic carbocycles. The summed E-state index contributed by atoms with van der Waals surface area (Å²) in [5.41, 5.74) is 6.12. The first-order valence-electron chi connectivity index (χ1n) is 5.84. The fraction of sp³-hybridized carbons (Fsp3) is 0. The van der Waals surface area contributed by atoms with E-state index in [0.717, 1.165) is 28.9 Å². The lowest BCUT2D eigenvalue weighted by atomic mass is 10.2. The Bertz CT molecular complexity index is 709. The van der Waals surface area contributed by atoms with Crippen LogP contribution in [0.15, 0.2) is 36.4 Å². The van der Waals surface area contributed by atoms with Crippen LogP contribution >= 0.6 is 0 Å². The maximum atomic E-state index is 13.4. The third-order valence-corrected chi connectivity index (χ3v) is 2.74. The molecule has 106 valence electrons. The normalized spacial score (nSPS) is 10.8. The Hall–Kier alpha value is -2.90. The van der Waals surface area contributed by atoms with Gasteiger partial charge in [-0.25, -0.2) is 13.2 Å².